The number of aromatic nitrogens is 3. The highest BCUT2D eigenvalue weighted by Gasteiger charge is 2.17. The van der Waals surface area contributed by atoms with E-state index in [0.717, 1.165) is 0 Å². The second-order valence-electron chi connectivity index (χ2n) is 4.58. The minimum atomic E-state index is -0.171. The van der Waals surface area contributed by atoms with E-state index in [-0.39, 0.29) is 17.8 Å². The number of nitrogens with zero attached hydrogens (tertiary/aromatic N) is 5. The van der Waals surface area contributed by atoms with Crippen LogP contribution in [0.1, 0.15) is 6.92 Å². The van der Waals surface area contributed by atoms with Gasteiger partial charge in [0.2, 0.25) is 23.8 Å². The third-order valence-electron chi connectivity index (χ3n) is 2.61. The zero-order valence-electron chi connectivity index (χ0n) is 12.0. The lowest BCUT2D eigenvalue weighted by molar-refractivity contribution is -0.123. The minimum Gasteiger partial charge on any atom is -0.368 e. The molecule has 0 fully saturated rings. The molecule has 1 rings (SSSR count). The van der Waals surface area contributed by atoms with Crippen molar-refractivity contribution in [2.24, 2.45) is 5.92 Å². The van der Waals surface area contributed by atoms with E-state index < -0.39 is 0 Å². The second kappa shape index (κ2) is 6.17. The molecule has 1 amide bonds. The first kappa shape index (κ1) is 14.9. The highest BCUT2D eigenvalue weighted by Crippen LogP contribution is 2.13. The zero-order chi connectivity index (χ0) is 14.6. The van der Waals surface area contributed by atoms with E-state index in [1.807, 2.05) is 28.1 Å². The predicted molar refractivity (Wildman–Crippen MR) is 75.1 cm³/mol. The molecule has 8 heteroatoms. The summed E-state index contributed by atoms with van der Waals surface area (Å²) in [5, 5.41) is 2.61. The highest BCUT2D eigenvalue weighted by atomic mass is 16.1. The molecule has 8 nitrogen and oxygen atoms in total. The lowest BCUT2D eigenvalue weighted by Crippen LogP contribution is -2.35. The molecule has 1 heterocycles. The molecule has 0 spiro atoms. The molecular weight excluding hydrogens is 246 g/mol. The van der Waals surface area contributed by atoms with Gasteiger partial charge < -0.3 is 20.9 Å². The molecule has 0 aliphatic rings. The van der Waals surface area contributed by atoms with Crippen LogP contribution in [0.5, 0.6) is 0 Å². The van der Waals surface area contributed by atoms with Gasteiger partial charge in [-0.25, -0.2) is 0 Å². The molecule has 0 bridgehead atoms. The fourth-order valence-corrected chi connectivity index (χ4v) is 1.56. The average molecular weight is 267 g/mol. The van der Waals surface area contributed by atoms with Gasteiger partial charge in [0, 0.05) is 34.7 Å². The Morgan fingerprint density at radius 1 is 1.26 bits per heavy atom. The van der Waals surface area contributed by atoms with Crippen LogP contribution in [-0.2, 0) is 4.79 Å². The molecular formula is C11H21N7O. The van der Waals surface area contributed by atoms with E-state index in [1.165, 1.54) is 0 Å². The quantitative estimate of drug-likeness (QED) is 0.730. The molecule has 1 aromatic heterocycles. The molecule has 0 saturated heterocycles. The van der Waals surface area contributed by atoms with Crippen molar-refractivity contribution in [1.82, 2.24) is 20.3 Å². The number of amides is 1. The van der Waals surface area contributed by atoms with E-state index in [9.17, 15) is 4.79 Å². The van der Waals surface area contributed by atoms with Gasteiger partial charge in [-0.1, -0.05) is 6.92 Å². The van der Waals surface area contributed by atoms with Crippen LogP contribution >= 0.6 is 0 Å². The van der Waals surface area contributed by atoms with Crippen molar-refractivity contribution in [2.45, 2.75) is 6.92 Å². The van der Waals surface area contributed by atoms with E-state index in [4.69, 9.17) is 5.73 Å². The Labute approximate surface area is 113 Å². The van der Waals surface area contributed by atoms with Gasteiger partial charge in [0.25, 0.3) is 0 Å². The summed E-state index contributed by atoms with van der Waals surface area (Å²) in [6.45, 7) is 2.34. The highest BCUT2D eigenvalue weighted by molar-refractivity contribution is 5.78. The minimum absolute atomic E-state index is 0.0262. The summed E-state index contributed by atoms with van der Waals surface area (Å²) in [5.74, 6) is 0.902. The lowest BCUT2D eigenvalue weighted by Gasteiger charge is -2.21. The zero-order valence-corrected chi connectivity index (χ0v) is 12.0. The normalized spacial score (nSPS) is 11.8. The Morgan fingerprint density at radius 3 is 2.37 bits per heavy atom. The maximum Gasteiger partial charge on any atom is 0.231 e. The lowest BCUT2D eigenvalue weighted by atomic mass is 10.1. The van der Waals surface area contributed by atoms with Crippen LogP contribution in [0, 0.1) is 5.92 Å². The van der Waals surface area contributed by atoms with Crippen LogP contribution in [0.4, 0.5) is 17.8 Å². The molecule has 19 heavy (non-hydrogen) atoms. The first-order valence-electron chi connectivity index (χ1n) is 5.96. The summed E-state index contributed by atoms with van der Waals surface area (Å²) < 4.78 is 0. The summed E-state index contributed by atoms with van der Waals surface area (Å²) in [5.41, 5.74) is 5.66. The number of carbonyl (C=O) groups is 1. The Hall–Kier alpha value is -2.12. The molecule has 0 aromatic carbocycles. The molecule has 1 atom stereocenters. The number of rotatable bonds is 5. The first-order valence-corrected chi connectivity index (χ1v) is 5.96. The van der Waals surface area contributed by atoms with Gasteiger partial charge in [0.1, 0.15) is 0 Å². The predicted octanol–water partition coefficient (Wildman–Crippen LogP) is -0.662. The third-order valence-corrected chi connectivity index (χ3v) is 2.61. The van der Waals surface area contributed by atoms with Crippen molar-refractivity contribution in [1.29, 1.82) is 0 Å². The fourth-order valence-electron chi connectivity index (χ4n) is 1.56. The van der Waals surface area contributed by atoms with Gasteiger partial charge in [-0.2, -0.15) is 15.0 Å². The van der Waals surface area contributed by atoms with Gasteiger partial charge in [0.15, 0.2) is 0 Å². The maximum absolute atomic E-state index is 11.5. The SMILES string of the molecule is CNC(=O)C(C)CN(C)c1nc(N)nc(N(C)C)n1. The van der Waals surface area contributed by atoms with Crippen LogP contribution in [0.3, 0.4) is 0 Å². The van der Waals surface area contributed by atoms with E-state index in [0.29, 0.717) is 18.4 Å². The van der Waals surface area contributed by atoms with Crippen LogP contribution < -0.4 is 20.9 Å². The maximum atomic E-state index is 11.5. The van der Waals surface area contributed by atoms with Crippen LogP contribution in [0.2, 0.25) is 0 Å². The van der Waals surface area contributed by atoms with Crippen molar-refractivity contribution in [3.05, 3.63) is 0 Å². The molecule has 0 radical (unpaired) electrons. The van der Waals surface area contributed by atoms with Gasteiger partial charge in [-0.3, -0.25) is 4.79 Å². The fraction of sp³-hybridized carbons (Fsp3) is 0.636. The van der Waals surface area contributed by atoms with E-state index >= 15 is 0 Å². The standard InChI is InChI=1S/C11H21N7O/c1-7(8(19)13-2)6-18(5)11-15-9(12)14-10(16-11)17(3)4/h7H,6H2,1-5H3,(H,13,19)(H2,12,14,15,16). The smallest absolute Gasteiger partial charge is 0.231 e. The molecule has 0 saturated carbocycles. The topological polar surface area (TPSA) is 100 Å². The summed E-state index contributed by atoms with van der Waals surface area (Å²) in [4.78, 5) is 27.4. The second-order valence-corrected chi connectivity index (χ2v) is 4.58. The summed E-state index contributed by atoms with van der Waals surface area (Å²) in [7, 11) is 7.08. The van der Waals surface area contributed by atoms with E-state index in [2.05, 4.69) is 20.3 Å². The number of anilines is 3. The largest absolute Gasteiger partial charge is 0.368 e. The number of nitrogens with two attached hydrogens (primary N) is 1. The monoisotopic (exact) mass is 267 g/mol. The average Bonchev–Trinajstić information content (AvgIpc) is 2.36. The van der Waals surface area contributed by atoms with Gasteiger partial charge in [-0.05, 0) is 0 Å². The Bertz CT molecular complexity index is 449. The molecule has 1 aromatic rings. The molecule has 1 unspecified atom stereocenters. The number of carbonyl (C=O) groups excluding carboxylic acids is 1. The third kappa shape index (κ3) is 3.94. The summed E-state index contributed by atoms with van der Waals surface area (Å²) in [6.07, 6.45) is 0. The van der Waals surface area contributed by atoms with Crippen LogP contribution in [0.15, 0.2) is 0 Å². The van der Waals surface area contributed by atoms with Gasteiger partial charge in [-0.15, -0.1) is 0 Å². The summed E-state index contributed by atoms with van der Waals surface area (Å²) >= 11 is 0. The number of hydrogen-bond acceptors (Lipinski definition) is 7. The molecule has 106 valence electrons. The Balaban J connectivity index is 2.87. The first-order chi connectivity index (χ1) is 8.85. The van der Waals surface area contributed by atoms with Gasteiger partial charge in [0.05, 0.1) is 5.92 Å². The van der Waals surface area contributed by atoms with Crippen molar-refractivity contribution >= 4 is 23.8 Å². The number of nitrogen functional groups attached to an aromatic ring is 1. The molecule has 3 N–H and O–H groups in total. The van der Waals surface area contributed by atoms with Gasteiger partial charge >= 0.3 is 0 Å². The number of hydrogen-bond donors (Lipinski definition) is 2. The van der Waals surface area contributed by atoms with Crippen molar-refractivity contribution in [3.8, 4) is 0 Å². The molecule has 0 aliphatic heterocycles. The van der Waals surface area contributed by atoms with E-state index in [1.54, 1.807) is 16.8 Å². The summed E-state index contributed by atoms with van der Waals surface area (Å²) in [6, 6.07) is 0. The van der Waals surface area contributed by atoms with Crippen LogP contribution in [-0.4, -0.2) is 55.6 Å². The van der Waals surface area contributed by atoms with Crippen molar-refractivity contribution in [2.75, 3.05) is 50.3 Å². The van der Waals surface area contributed by atoms with Crippen LogP contribution in [0.25, 0.3) is 0 Å². The molecule has 0 aliphatic carbocycles. The van der Waals surface area contributed by atoms with Crippen molar-refractivity contribution in [3.63, 3.8) is 0 Å². The Kier molecular flexibility index (Phi) is 4.85. The number of nitrogens with one attached hydrogen (secondary N) is 1. The van der Waals surface area contributed by atoms with Crippen molar-refractivity contribution < 1.29 is 4.79 Å². The Morgan fingerprint density at radius 2 is 1.84 bits per heavy atom.